The molecule has 2 aromatic heterocycles. The molecule has 282 valence electrons. The number of rotatable bonds is 6. The number of para-hydroxylation sites is 2. The van der Waals surface area contributed by atoms with E-state index in [4.69, 9.17) is 0 Å². The number of hydrogen-bond acceptors (Lipinski definition) is 0. The van der Waals surface area contributed by atoms with Gasteiger partial charge in [0.1, 0.15) is 0 Å². The molecule has 0 fully saturated rings. The summed E-state index contributed by atoms with van der Waals surface area (Å²) >= 11 is 0. The third kappa shape index (κ3) is 5.56. The number of aromatic nitrogens is 2. The van der Waals surface area contributed by atoms with Crippen LogP contribution in [0.5, 0.6) is 0 Å². The number of nitrogens with zero attached hydrogens (tertiary/aromatic N) is 2. The second-order valence-electron chi connectivity index (χ2n) is 16.0. The van der Waals surface area contributed by atoms with Crippen molar-refractivity contribution in [1.29, 1.82) is 0 Å². The number of benzene rings is 9. The zero-order chi connectivity index (χ0) is 39.6. The third-order valence-electron chi connectivity index (χ3n) is 12.6. The Labute approximate surface area is 349 Å². The predicted molar refractivity (Wildman–Crippen MR) is 255 cm³/mol. The fourth-order valence-electron chi connectivity index (χ4n) is 9.81. The van der Waals surface area contributed by atoms with Crippen molar-refractivity contribution in [3.05, 3.63) is 230 Å². The SMILES string of the molecule is C1=CCC(c2ccc(-n3c4ccccc4c4cc(-c5cccc6cccc(-c7ccc8c(c7)c7ccccc7n8-c7cccc(-c8ccccc8)c7)c56)ccc43)cc2)C=C1. The minimum Gasteiger partial charge on any atom is -0.309 e. The highest BCUT2D eigenvalue weighted by Crippen LogP contribution is 2.42. The van der Waals surface area contributed by atoms with Crippen LogP contribution in [0.4, 0.5) is 0 Å². The molecular formula is C58H40N2. The zero-order valence-corrected chi connectivity index (χ0v) is 33.0. The van der Waals surface area contributed by atoms with Crippen LogP contribution in [0.2, 0.25) is 0 Å². The number of allylic oxidation sites excluding steroid dienone is 4. The summed E-state index contributed by atoms with van der Waals surface area (Å²) in [7, 11) is 0. The molecule has 1 unspecified atom stereocenters. The van der Waals surface area contributed by atoms with Gasteiger partial charge in [-0.05, 0) is 117 Å². The fourth-order valence-corrected chi connectivity index (χ4v) is 9.81. The summed E-state index contributed by atoms with van der Waals surface area (Å²) in [6.45, 7) is 0. The van der Waals surface area contributed by atoms with Crippen LogP contribution in [-0.2, 0) is 0 Å². The van der Waals surface area contributed by atoms with E-state index in [1.165, 1.54) is 99.0 Å². The van der Waals surface area contributed by atoms with Crippen molar-refractivity contribution in [2.24, 2.45) is 0 Å². The van der Waals surface area contributed by atoms with E-state index in [0.29, 0.717) is 5.92 Å². The van der Waals surface area contributed by atoms with Gasteiger partial charge >= 0.3 is 0 Å². The first kappa shape index (κ1) is 34.4. The molecule has 0 saturated carbocycles. The molecule has 0 amide bonds. The molecule has 0 saturated heterocycles. The molecule has 2 heteroatoms. The topological polar surface area (TPSA) is 9.86 Å². The second-order valence-corrected chi connectivity index (χ2v) is 16.0. The summed E-state index contributed by atoms with van der Waals surface area (Å²) in [5, 5.41) is 7.51. The van der Waals surface area contributed by atoms with Gasteiger partial charge in [-0.1, -0.05) is 164 Å². The smallest absolute Gasteiger partial charge is 0.0541 e. The average Bonchev–Trinajstić information content (AvgIpc) is 3.84. The molecule has 0 bridgehead atoms. The quantitative estimate of drug-likeness (QED) is 0.160. The summed E-state index contributed by atoms with van der Waals surface area (Å²) in [5.74, 6) is 0.431. The first-order chi connectivity index (χ1) is 29.8. The molecule has 11 aromatic rings. The van der Waals surface area contributed by atoms with Crippen molar-refractivity contribution < 1.29 is 0 Å². The third-order valence-corrected chi connectivity index (χ3v) is 12.6. The van der Waals surface area contributed by atoms with Crippen LogP contribution >= 0.6 is 0 Å². The highest BCUT2D eigenvalue weighted by atomic mass is 15.0. The van der Waals surface area contributed by atoms with E-state index >= 15 is 0 Å². The summed E-state index contributed by atoms with van der Waals surface area (Å²) in [6, 6.07) is 73.9. The Morgan fingerprint density at radius 3 is 1.57 bits per heavy atom. The van der Waals surface area contributed by atoms with Gasteiger partial charge in [-0.15, -0.1) is 0 Å². The zero-order valence-electron chi connectivity index (χ0n) is 33.0. The van der Waals surface area contributed by atoms with Crippen LogP contribution < -0.4 is 0 Å². The maximum atomic E-state index is 2.42. The van der Waals surface area contributed by atoms with Crippen molar-refractivity contribution in [2.75, 3.05) is 0 Å². The molecule has 9 aromatic carbocycles. The molecule has 1 aliphatic carbocycles. The first-order valence-corrected chi connectivity index (χ1v) is 21.0. The van der Waals surface area contributed by atoms with Crippen molar-refractivity contribution in [3.63, 3.8) is 0 Å². The van der Waals surface area contributed by atoms with Crippen LogP contribution in [0.1, 0.15) is 17.9 Å². The Morgan fingerprint density at radius 1 is 0.367 bits per heavy atom. The molecular weight excluding hydrogens is 725 g/mol. The second kappa shape index (κ2) is 14.0. The van der Waals surface area contributed by atoms with Gasteiger partial charge in [-0.3, -0.25) is 0 Å². The minimum atomic E-state index is 0.431. The van der Waals surface area contributed by atoms with Crippen LogP contribution in [0.25, 0.3) is 99.1 Å². The van der Waals surface area contributed by atoms with E-state index in [-0.39, 0.29) is 0 Å². The van der Waals surface area contributed by atoms with E-state index in [2.05, 4.69) is 234 Å². The molecule has 2 nitrogen and oxygen atoms in total. The van der Waals surface area contributed by atoms with Gasteiger partial charge in [-0.2, -0.15) is 0 Å². The highest BCUT2D eigenvalue weighted by Gasteiger charge is 2.18. The summed E-state index contributed by atoms with van der Waals surface area (Å²) in [6.07, 6.45) is 9.92. The number of fused-ring (bicyclic) bond motifs is 7. The Kier molecular flexibility index (Phi) is 8.02. The standard InChI is InChI=1S/C58H40N2/c1-3-14-39(15-4-1)41-28-32-46(33-29-41)59-54-26-9-7-22-50(54)52-37-44(30-34-56(52)59)48-24-12-18-42-19-13-25-49(58(42)48)45-31-35-57-53(38-45)51-23-8-10-27-55(51)60(57)47-21-11-20-43(36-47)40-16-5-2-6-17-40/h1-14,16-39H,15H2. The lowest BCUT2D eigenvalue weighted by Crippen LogP contribution is -1.98. The molecule has 1 aliphatic rings. The Hall–Kier alpha value is -7.68. The van der Waals surface area contributed by atoms with E-state index in [0.717, 1.165) is 12.1 Å². The molecule has 60 heavy (non-hydrogen) atoms. The molecule has 0 radical (unpaired) electrons. The lowest BCUT2D eigenvalue weighted by Gasteiger charge is -2.15. The lowest BCUT2D eigenvalue weighted by atomic mass is 9.90. The fraction of sp³-hybridized carbons (Fsp3) is 0.0345. The van der Waals surface area contributed by atoms with Crippen molar-refractivity contribution >= 4 is 54.4 Å². The van der Waals surface area contributed by atoms with Gasteiger partial charge in [0.15, 0.2) is 0 Å². The maximum absolute atomic E-state index is 2.42. The summed E-state index contributed by atoms with van der Waals surface area (Å²) in [4.78, 5) is 0. The van der Waals surface area contributed by atoms with Gasteiger partial charge < -0.3 is 9.13 Å². The molecule has 0 spiro atoms. The Morgan fingerprint density at radius 2 is 0.933 bits per heavy atom. The van der Waals surface area contributed by atoms with Crippen LogP contribution in [-0.4, -0.2) is 9.13 Å². The van der Waals surface area contributed by atoms with Crippen molar-refractivity contribution in [2.45, 2.75) is 12.3 Å². The molecule has 12 rings (SSSR count). The van der Waals surface area contributed by atoms with E-state index in [9.17, 15) is 0 Å². The van der Waals surface area contributed by atoms with Gasteiger partial charge in [-0.25, -0.2) is 0 Å². The predicted octanol–water partition coefficient (Wildman–Crippen LogP) is 15.6. The molecule has 2 heterocycles. The monoisotopic (exact) mass is 764 g/mol. The van der Waals surface area contributed by atoms with Crippen molar-refractivity contribution in [1.82, 2.24) is 9.13 Å². The van der Waals surface area contributed by atoms with Crippen LogP contribution in [0, 0.1) is 0 Å². The maximum Gasteiger partial charge on any atom is 0.0541 e. The number of hydrogen-bond donors (Lipinski definition) is 0. The van der Waals surface area contributed by atoms with Gasteiger partial charge in [0.2, 0.25) is 0 Å². The normalized spacial score (nSPS) is 14.0. The largest absolute Gasteiger partial charge is 0.309 e. The van der Waals surface area contributed by atoms with Gasteiger partial charge in [0.25, 0.3) is 0 Å². The molecule has 0 N–H and O–H groups in total. The Bertz CT molecular complexity index is 3500. The first-order valence-electron chi connectivity index (χ1n) is 21.0. The highest BCUT2D eigenvalue weighted by molar-refractivity contribution is 6.15. The summed E-state index contributed by atoms with van der Waals surface area (Å²) < 4.78 is 4.84. The van der Waals surface area contributed by atoms with Crippen molar-refractivity contribution in [3.8, 4) is 44.8 Å². The average molecular weight is 765 g/mol. The van der Waals surface area contributed by atoms with E-state index < -0.39 is 0 Å². The van der Waals surface area contributed by atoms with Gasteiger partial charge in [0, 0.05) is 38.8 Å². The van der Waals surface area contributed by atoms with E-state index in [1.54, 1.807) is 0 Å². The summed E-state index contributed by atoms with van der Waals surface area (Å²) in [5.41, 5.74) is 15.9. The minimum absolute atomic E-state index is 0.431. The van der Waals surface area contributed by atoms with E-state index in [1.807, 2.05) is 0 Å². The van der Waals surface area contributed by atoms with Crippen LogP contribution in [0.15, 0.2) is 224 Å². The molecule has 1 atom stereocenters. The molecule has 0 aliphatic heterocycles. The lowest BCUT2D eigenvalue weighted by molar-refractivity contribution is 0.853. The Balaban J connectivity index is 0.994. The van der Waals surface area contributed by atoms with Crippen LogP contribution in [0.3, 0.4) is 0 Å². The van der Waals surface area contributed by atoms with Gasteiger partial charge in [0.05, 0.1) is 22.1 Å².